The molecule has 2 aromatic rings. The molecule has 0 heterocycles. The van der Waals surface area contributed by atoms with Crippen LogP contribution in [0.1, 0.15) is 29.5 Å². The highest BCUT2D eigenvalue weighted by Gasteiger charge is 2.18. The maximum atomic E-state index is 12.2. The van der Waals surface area contributed by atoms with Crippen molar-refractivity contribution in [2.75, 3.05) is 29.4 Å². The summed E-state index contributed by atoms with van der Waals surface area (Å²) in [6, 6.07) is 15.7. The zero-order chi connectivity index (χ0) is 21.3. The molecule has 0 radical (unpaired) electrons. The van der Waals surface area contributed by atoms with Crippen LogP contribution >= 0.6 is 11.8 Å². The van der Waals surface area contributed by atoms with Gasteiger partial charge in [-0.05, 0) is 43.0 Å². The number of sulfonamides is 1. The van der Waals surface area contributed by atoms with Gasteiger partial charge in [-0.15, -0.1) is 0 Å². The Morgan fingerprint density at radius 3 is 2.34 bits per heavy atom. The van der Waals surface area contributed by atoms with Gasteiger partial charge in [-0.1, -0.05) is 42.5 Å². The van der Waals surface area contributed by atoms with Crippen LogP contribution in [0.15, 0.2) is 48.5 Å². The van der Waals surface area contributed by atoms with Crippen molar-refractivity contribution in [3.63, 3.8) is 0 Å². The van der Waals surface area contributed by atoms with Crippen LogP contribution in [0, 0.1) is 13.8 Å². The van der Waals surface area contributed by atoms with E-state index in [9.17, 15) is 13.2 Å². The second-order valence-corrected chi connectivity index (χ2v) is 10.1. The lowest BCUT2D eigenvalue weighted by Crippen LogP contribution is -2.33. The molecule has 0 saturated heterocycles. The number of hydrogen-bond donors (Lipinski definition) is 1. The van der Waals surface area contributed by atoms with Crippen LogP contribution in [0.5, 0.6) is 0 Å². The van der Waals surface area contributed by atoms with E-state index in [1.54, 1.807) is 17.8 Å². The molecule has 0 aliphatic heterocycles. The molecule has 0 aliphatic rings. The van der Waals surface area contributed by atoms with Gasteiger partial charge in [0.15, 0.2) is 0 Å². The third-order valence-corrected chi connectivity index (χ3v) is 6.82. The summed E-state index contributed by atoms with van der Waals surface area (Å²) in [5, 5.41) is 2.92. The van der Waals surface area contributed by atoms with Gasteiger partial charge in [0.2, 0.25) is 15.9 Å². The maximum Gasteiger partial charge on any atom is 0.232 e. The second-order valence-electron chi connectivity index (χ2n) is 7.05. The van der Waals surface area contributed by atoms with E-state index in [0.29, 0.717) is 31.6 Å². The summed E-state index contributed by atoms with van der Waals surface area (Å²) in [6.45, 7) is 4.89. The lowest BCUT2D eigenvalue weighted by Gasteiger charge is -2.24. The Labute approximate surface area is 178 Å². The topological polar surface area (TPSA) is 66.5 Å². The highest BCUT2D eigenvalue weighted by molar-refractivity contribution is 7.98. The Bertz CT molecular complexity index is 914. The molecule has 5 nitrogen and oxygen atoms in total. The number of anilines is 1. The molecular formula is C22H30N2O3S2. The fraction of sp³-hybridized carbons (Fsp3) is 0.409. The summed E-state index contributed by atoms with van der Waals surface area (Å²) in [7, 11) is -3.39. The zero-order valence-corrected chi connectivity index (χ0v) is 19.0. The van der Waals surface area contributed by atoms with Crippen molar-refractivity contribution in [3.05, 3.63) is 65.2 Å². The smallest absolute Gasteiger partial charge is 0.232 e. The number of aryl methyl sites for hydroxylation is 2. The minimum Gasteiger partial charge on any atom is -0.355 e. The zero-order valence-electron chi connectivity index (χ0n) is 17.3. The number of benzene rings is 2. The second kappa shape index (κ2) is 11.3. The Morgan fingerprint density at radius 2 is 1.69 bits per heavy atom. The van der Waals surface area contributed by atoms with Crippen molar-refractivity contribution in [1.82, 2.24) is 5.32 Å². The van der Waals surface area contributed by atoms with E-state index in [2.05, 4.69) is 24.4 Å². The van der Waals surface area contributed by atoms with E-state index >= 15 is 0 Å². The first-order chi connectivity index (χ1) is 13.8. The predicted molar refractivity (Wildman–Crippen MR) is 123 cm³/mol. The highest BCUT2D eigenvalue weighted by atomic mass is 32.2. The summed E-state index contributed by atoms with van der Waals surface area (Å²) in [5.74, 6) is 1.74. The SMILES string of the molecule is Cc1ccccc1CSCCNC(=O)CCCN(c1ccccc1C)S(C)(=O)=O. The van der Waals surface area contributed by atoms with Gasteiger partial charge in [-0.25, -0.2) is 8.42 Å². The van der Waals surface area contributed by atoms with E-state index in [1.807, 2.05) is 37.3 Å². The normalized spacial score (nSPS) is 11.3. The Hall–Kier alpha value is -1.99. The van der Waals surface area contributed by atoms with E-state index in [-0.39, 0.29) is 5.91 Å². The number of amides is 1. The van der Waals surface area contributed by atoms with Gasteiger partial charge in [0.05, 0.1) is 11.9 Å². The molecule has 0 fully saturated rings. The lowest BCUT2D eigenvalue weighted by molar-refractivity contribution is -0.121. The van der Waals surface area contributed by atoms with Crippen LogP contribution < -0.4 is 9.62 Å². The van der Waals surface area contributed by atoms with Crippen LogP contribution in [0.3, 0.4) is 0 Å². The number of para-hydroxylation sites is 1. The van der Waals surface area contributed by atoms with E-state index in [4.69, 9.17) is 0 Å². The van der Waals surface area contributed by atoms with Gasteiger partial charge < -0.3 is 5.32 Å². The Balaban J connectivity index is 1.71. The van der Waals surface area contributed by atoms with Crippen molar-refractivity contribution < 1.29 is 13.2 Å². The quantitative estimate of drug-likeness (QED) is 0.545. The monoisotopic (exact) mass is 434 g/mol. The molecule has 1 N–H and O–H groups in total. The van der Waals surface area contributed by atoms with Crippen LogP contribution in [0.2, 0.25) is 0 Å². The van der Waals surface area contributed by atoms with Gasteiger partial charge in [-0.3, -0.25) is 9.10 Å². The fourth-order valence-electron chi connectivity index (χ4n) is 3.00. The number of carbonyl (C=O) groups excluding carboxylic acids is 1. The summed E-state index contributed by atoms with van der Waals surface area (Å²) in [6.07, 6.45) is 1.98. The van der Waals surface area contributed by atoms with Crippen LogP contribution in [-0.2, 0) is 20.6 Å². The van der Waals surface area contributed by atoms with Crippen molar-refractivity contribution in [1.29, 1.82) is 0 Å². The number of hydrogen-bond acceptors (Lipinski definition) is 4. The van der Waals surface area contributed by atoms with Crippen molar-refractivity contribution in [2.45, 2.75) is 32.4 Å². The molecule has 0 saturated carbocycles. The molecule has 2 aromatic carbocycles. The van der Waals surface area contributed by atoms with E-state index in [1.165, 1.54) is 21.7 Å². The van der Waals surface area contributed by atoms with Gasteiger partial charge >= 0.3 is 0 Å². The van der Waals surface area contributed by atoms with Crippen LogP contribution in [0.25, 0.3) is 0 Å². The molecule has 0 unspecified atom stereocenters. The Morgan fingerprint density at radius 1 is 1.03 bits per heavy atom. The molecule has 0 bridgehead atoms. The van der Waals surface area contributed by atoms with E-state index in [0.717, 1.165) is 17.1 Å². The molecule has 0 atom stereocenters. The number of rotatable bonds is 11. The number of thioether (sulfide) groups is 1. The Kier molecular flexibility index (Phi) is 9.04. The largest absolute Gasteiger partial charge is 0.355 e. The van der Waals surface area contributed by atoms with Gasteiger partial charge in [0.1, 0.15) is 0 Å². The number of carbonyl (C=O) groups is 1. The summed E-state index contributed by atoms with van der Waals surface area (Å²) >= 11 is 1.79. The average Bonchev–Trinajstić information content (AvgIpc) is 2.66. The van der Waals surface area contributed by atoms with Gasteiger partial charge in [-0.2, -0.15) is 11.8 Å². The van der Waals surface area contributed by atoms with Gasteiger partial charge in [0.25, 0.3) is 0 Å². The summed E-state index contributed by atoms with van der Waals surface area (Å²) in [5.41, 5.74) is 4.17. The standard InChI is InChI=1S/C22H30N2O3S2/c1-18-9-4-6-11-20(18)17-28-16-14-23-22(25)13-8-15-24(29(3,26)27)21-12-7-5-10-19(21)2/h4-7,9-12H,8,13-17H2,1-3H3,(H,23,25). The molecule has 0 aliphatic carbocycles. The maximum absolute atomic E-state index is 12.2. The molecule has 7 heteroatoms. The molecule has 0 spiro atoms. The number of nitrogens with zero attached hydrogens (tertiary/aromatic N) is 1. The van der Waals surface area contributed by atoms with Crippen molar-refractivity contribution >= 4 is 33.4 Å². The summed E-state index contributed by atoms with van der Waals surface area (Å²) in [4.78, 5) is 12.1. The van der Waals surface area contributed by atoms with Crippen molar-refractivity contribution in [3.8, 4) is 0 Å². The first-order valence-electron chi connectivity index (χ1n) is 9.71. The minimum atomic E-state index is -3.39. The molecular weight excluding hydrogens is 404 g/mol. The van der Waals surface area contributed by atoms with Gasteiger partial charge in [0, 0.05) is 31.0 Å². The predicted octanol–water partition coefficient (Wildman–Crippen LogP) is 3.90. The fourth-order valence-corrected chi connectivity index (χ4v) is 4.95. The van der Waals surface area contributed by atoms with Crippen LogP contribution in [-0.4, -0.2) is 39.4 Å². The molecule has 158 valence electrons. The lowest BCUT2D eigenvalue weighted by atomic mass is 10.1. The average molecular weight is 435 g/mol. The summed E-state index contributed by atoms with van der Waals surface area (Å²) < 4.78 is 25.7. The third kappa shape index (κ3) is 7.74. The highest BCUT2D eigenvalue weighted by Crippen LogP contribution is 2.22. The molecule has 29 heavy (non-hydrogen) atoms. The first kappa shape index (κ1) is 23.3. The third-order valence-electron chi connectivity index (χ3n) is 4.64. The van der Waals surface area contributed by atoms with E-state index < -0.39 is 10.0 Å². The minimum absolute atomic E-state index is 0.0419. The van der Waals surface area contributed by atoms with Crippen LogP contribution in [0.4, 0.5) is 5.69 Å². The molecule has 0 aromatic heterocycles. The molecule has 1 amide bonds. The van der Waals surface area contributed by atoms with Crippen molar-refractivity contribution in [2.24, 2.45) is 0 Å². The molecule has 2 rings (SSSR count). The first-order valence-corrected chi connectivity index (χ1v) is 12.7. The number of nitrogens with one attached hydrogen (secondary N) is 1.